The Morgan fingerprint density at radius 2 is 1.21 bits per heavy atom. The maximum atomic E-state index is 14.0. The van der Waals surface area contributed by atoms with Gasteiger partial charge < -0.3 is 10.1 Å². The Morgan fingerprint density at radius 1 is 0.721 bits per heavy atom. The number of hydrogen-bond donors (Lipinski definition) is 1. The standard InChI is InChI=1S/C23H24ClF4N3O3.C18H16ClF4N3O/c1-22(2,3)34-21(33)31-12-14(25)8-18(31)19(32)6-5-15-9-16(17(24)11-29-15)13-4-7-20(30-10-13)23(26,27)28;19-14-9-24-12(2-3-16(27)15-5-11(20)8-25-15)6-13(14)10-1-4-17(26-7-10)18(21,22)23/h4,7,9-11,14,18H,5-6,8,12H2,1-3H3;1,4,6-7,9,11,15,25H,2-3,5,8H2/t14-,18+;11-,15+/m11/s1. The van der Waals surface area contributed by atoms with Crippen LogP contribution in [0.5, 0.6) is 0 Å². The first-order valence-corrected chi connectivity index (χ1v) is 19.7. The van der Waals surface area contributed by atoms with E-state index in [4.69, 9.17) is 27.9 Å². The molecule has 0 bridgehead atoms. The molecular weight excluding hydrogens is 863 g/mol. The van der Waals surface area contributed by atoms with Gasteiger partial charge in [-0.25, -0.2) is 13.6 Å². The Labute approximate surface area is 355 Å². The van der Waals surface area contributed by atoms with Crippen LogP contribution in [0.2, 0.25) is 10.0 Å². The molecule has 1 amide bonds. The lowest BCUT2D eigenvalue weighted by atomic mass is 10.0. The smallest absolute Gasteiger partial charge is 0.433 e. The summed E-state index contributed by atoms with van der Waals surface area (Å²) < 4.78 is 109. The van der Waals surface area contributed by atoms with Crippen LogP contribution in [-0.4, -0.2) is 85.6 Å². The molecule has 0 aliphatic carbocycles. The average Bonchev–Trinajstić information content (AvgIpc) is 3.81. The molecule has 20 heteroatoms. The maximum Gasteiger partial charge on any atom is 0.433 e. The Bertz CT molecular complexity index is 2190. The van der Waals surface area contributed by atoms with Gasteiger partial charge >= 0.3 is 18.4 Å². The van der Waals surface area contributed by atoms with Crippen molar-refractivity contribution in [2.24, 2.45) is 0 Å². The van der Waals surface area contributed by atoms with Crippen LogP contribution in [0, 0.1) is 0 Å². The summed E-state index contributed by atoms with van der Waals surface area (Å²) in [5, 5.41) is 3.32. The lowest BCUT2D eigenvalue weighted by Gasteiger charge is -2.27. The second kappa shape index (κ2) is 19.5. The van der Waals surface area contributed by atoms with Gasteiger partial charge in [0.25, 0.3) is 0 Å². The van der Waals surface area contributed by atoms with E-state index in [0.29, 0.717) is 40.1 Å². The van der Waals surface area contributed by atoms with Gasteiger partial charge in [-0.05, 0) is 57.9 Å². The summed E-state index contributed by atoms with van der Waals surface area (Å²) in [4.78, 5) is 53.6. The van der Waals surface area contributed by atoms with Crippen molar-refractivity contribution in [1.29, 1.82) is 0 Å². The van der Waals surface area contributed by atoms with E-state index in [9.17, 15) is 49.5 Å². The number of ether oxygens (including phenoxy) is 1. The number of aryl methyl sites for hydroxylation is 2. The monoisotopic (exact) mass is 902 g/mol. The van der Waals surface area contributed by atoms with Crippen molar-refractivity contribution in [2.45, 2.75) is 102 Å². The van der Waals surface area contributed by atoms with Crippen molar-refractivity contribution >= 4 is 40.9 Å². The summed E-state index contributed by atoms with van der Waals surface area (Å²) in [7, 11) is 0. The van der Waals surface area contributed by atoms with Gasteiger partial charge in [-0.1, -0.05) is 35.3 Å². The molecule has 61 heavy (non-hydrogen) atoms. The van der Waals surface area contributed by atoms with Crippen molar-refractivity contribution in [3.8, 4) is 22.3 Å². The molecule has 2 saturated heterocycles. The van der Waals surface area contributed by atoms with Crippen molar-refractivity contribution in [1.82, 2.24) is 30.2 Å². The van der Waals surface area contributed by atoms with Crippen molar-refractivity contribution in [2.75, 3.05) is 13.1 Å². The predicted molar refractivity (Wildman–Crippen MR) is 209 cm³/mol. The first-order chi connectivity index (χ1) is 28.5. The molecule has 0 radical (unpaired) electrons. The molecule has 2 fully saturated rings. The van der Waals surface area contributed by atoms with Gasteiger partial charge in [-0.2, -0.15) is 26.3 Å². The van der Waals surface area contributed by atoms with Gasteiger partial charge in [-0.3, -0.25) is 34.4 Å². The molecule has 0 saturated carbocycles. The van der Waals surface area contributed by atoms with Crippen LogP contribution in [0.25, 0.3) is 22.3 Å². The zero-order valence-corrected chi connectivity index (χ0v) is 34.4. The maximum absolute atomic E-state index is 14.0. The number of amides is 1. The molecule has 328 valence electrons. The number of likely N-dealkylation sites (tertiary alicyclic amines) is 1. The number of rotatable bonds is 10. The van der Waals surface area contributed by atoms with E-state index in [1.807, 2.05) is 0 Å². The van der Waals surface area contributed by atoms with E-state index < -0.39 is 59.9 Å². The number of halogens is 10. The minimum Gasteiger partial charge on any atom is -0.444 e. The predicted octanol–water partition coefficient (Wildman–Crippen LogP) is 9.68. The zero-order valence-electron chi connectivity index (χ0n) is 32.9. The average molecular weight is 904 g/mol. The molecule has 0 aromatic carbocycles. The minimum absolute atomic E-state index is 0.0178. The summed E-state index contributed by atoms with van der Waals surface area (Å²) in [5.74, 6) is -0.426. The summed E-state index contributed by atoms with van der Waals surface area (Å²) in [6, 6.07) is 6.06. The fraction of sp³-hybridized carbons (Fsp3) is 0.439. The molecular formula is C41H40Cl2F8N6O4. The molecule has 1 N–H and O–H groups in total. The SMILES string of the molecule is CC(C)(C)OC(=O)N1C[C@H](F)C[C@H]1C(=O)CCc1cc(-c2ccc(C(F)(F)F)nc2)c(Cl)cn1.O=C(CCc1cc(-c2ccc(C(F)(F)F)nc2)c(Cl)cn1)[C@@H]1C[C@@H](F)CN1. The van der Waals surface area contributed by atoms with Crippen molar-refractivity contribution in [3.63, 3.8) is 0 Å². The molecule has 0 unspecified atom stereocenters. The number of carbonyl (C=O) groups excluding carboxylic acids is 3. The second-order valence-corrected chi connectivity index (χ2v) is 16.2. The van der Waals surface area contributed by atoms with Crippen LogP contribution in [-0.2, 0) is 39.5 Å². The number of Topliss-reactive ketones (excluding diaryl/α,β-unsaturated/α-hetero) is 2. The molecule has 4 atom stereocenters. The first-order valence-electron chi connectivity index (χ1n) is 18.9. The quantitative estimate of drug-likeness (QED) is 0.155. The molecule has 6 rings (SSSR count). The van der Waals surface area contributed by atoms with Crippen LogP contribution in [0.4, 0.5) is 39.9 Å². The number of hydrogen-bond acceptors (Lipinski definition) is 9. The molecule has 10 nitrogen and oxygen atoms in total. The van der Waals surface area contributed by atoms with Crippen LogP contribution in [0.3, 0.4) is 0 Å². The highest BCUT2D eigenvalue weighted by molar-refractivity contribution is 6.33. The van der Waals surface area contributed by atoms with E-state index in [2.05, 4.69) is 25.3 Å². The summed E-state index contributed by atoms with van der Waals surface area (Å²) >= 11 is 12.3. The minimum atomic E-state index is -4.56. The largest absolute Gasteiger partial charge is 0.444 e. The van der Waals surface area contributed by atoms with Gasteiger partial charge in [0.2, 0.25) is 0 Å². The van der Waals surface area contributed by atoms with Crippen LogP contribution < -0.4 is 5.32 Å². The lowest BCUT2D eigenvalue weighted by Crippen LogP contribution is -2.43. The zero-order chi connectivity index (χ0) is 44.9. The number of carbonyl (C=O) groups is 3. The molecule has 2 aliphatic heterocycles. The van der Waals surface area contributed by atoms with Crippen molar-refractivity contribution in [3.05, 3.63) is 94.0 Å². The normalized spacial score (nSPS) is 19.3. The summed E-state index contributed by atoms with van der Waals surface area (Å²) in [6.45, 7) is 5.01. The molecule has 4 aromatic heterocycles. The Kier molecular flexibility index (Phi) is 15.1. The summed E-state index contributed by atoms with van der Waals surface area (Å²) in [5.41, 5.74) is -0.0827. The highest BCUT2D eigenvalue weighted by atomic mass is 35.5. The van der Waals surface area contributed by atoms with E-state index in [0.717, 1.165) is 29.4 Å². The van der Waals surface area contributed by atoms with Crippen LogP contribution >= 0.6 is 23.2 Å². The highest BCUT2D eigenvalue weighted by Crippen LogP contribution is 2.34. The number of pyridine rings is 4. The van der Waals surface area contributed by atoms with Gasteiger partial charge in [0.15, 0.2) is 5.78 Å². The van der Waals surface area contributed by atoms with Gasteiger partial charge in [-0.15, -0.1) is 0 Å². The molecule has 2 aliphatic rings. The van der Waals surface area contributed by atoms with E-state index in [-0.39, 0.29) is 66.8 Å². The topological polar surface area (TPSA) is 127 Å². The third kappa shape index (κ3) is 13.1. The lowest BCUT2D eigenvalue weighted by molar-refractivity contribution is -0.141. The van der Waals surface area contributed by atoms with Gasteiger partial charge in [0, 0.05) is 90.7 Å². The van der Waals surface area contributed by atoms with Crippen LogP contribution in [0.1, 0.15) is 69.2 Å². The third-order valence-corrected chi connectivity index (χ3v) is 10.1. The summed E-state index contributed by atoms with van der Waals surface area (Å²) in [6.07, 6.45) is -6.51. The Hall–Kier alpha value is -4.81. The highest BCUT2D eigenvalue weighted by Gasteiger charge is 2.41. The third-order valence-electron chi connectivity index (χ3n) is 9.52. The number of nitrogens with one attached hydrogen (secondary N) is 1. The number of ketones is 2. The van der Waals surface area contributed by atoms with Gasteiger partial charge in [0.05, 0.1) is 28.7 Å². The fourth-order valence-electron chi connectivity index (χ4n) is 6.52. The number of nitrogens with zero attached hydrogens (tertiary/aromatic N) is 5. The first kappa shape index (κ1) is 47.2. The van der Waals surface area contributed by atoms with E-state index in [1.165, 1.54) is 24.5 Å². The molecule has 0 spiro atoms. The van der Waals surface area contributed by atoms with E-state index in [1.54, 1.807) is 32.9 Å². The Morgan fingerprint density at radius 3 is 1.62 bits per heavy atom. The second-order valence-electron chi connectivity index (χ2n) is 15.4. The van der Waals surface area contributed by atoms with Crippen LogP contribution in [0.15, 0.2) is 61.2 Å². The van der Waals surface area contributed by atoms with Crippen molar-refractivity contribution < 1.29 is 54.2 Å². The molecule has 4 aromatic rings. The van der Waals surface area contributed by atoms with Gasteiger partial charge in [0.1, 0.15) is 35.1 Å². The number of aromatic nitrogens is 4. The fourth-order valence-corrected chi connectivity index (χ4v) is 6.94. The number of alkyl halides is 8. The molecule has 6 heterocycles. The van der Waals surface area contributed by atoms with E-state index >= 15 is 0 Å². The Balaban J connectivity index is 0.000000237.